The average Bonchev–Trinajstić information content (AvgIpc) is 2.22. The van der Waals surface area contributed by atoms with E-state index in [4.69, 9.17) is 0 Å². The summed E-state index contributed by atoms with van der Waals surface area (Å²) in [7, 11) is 0. The number of hydrogen-bond donors (Lipinski definition) is 0. The molecule has 1 nitrogen and oxygen atoms in total. The smallest absolute Gasteiger partial charge is 0.213 e. The predicted octanol–water partition coefficient (Wildman–Crippen LogP) is 3.50. The highest BCUT2D eigenvalue weighted by molar-refractivity contribution is 5.63. The molecule has 0 saturated heterocycles. The van der Waals surface area contributed by atoms with Gasteiger partial charge in [0.05, 0.1) is 5.69 Å². The van der Waals surface area contributed by atoms with Crippen molar-refractivity contribution in [1.82, 2.24) is 4.98 Å². The van der Waals surface area contributed by atoms with E-state index >= 15 is 0 Å². The van der Waals surface area contributed by atoms with Crippen LogP contribution < -0.4 is 0 Å². The molecule has 0 bridgehead atoms. The second-order valence-corrected chi connectivity index (χ2v) is 3.67. The van der Waals surface area contributed by atoms with Crippen LogP contribution in [0, 0.1) is 19.8 Å². The van der Waals surface area contributed by atoms with Gasteiger partial charge in [-0.2, -0.15) is 4.39 Å². The summed E-state index contributed by atoms with van der Waals surface area (Å²) in [6.07, 6.45) is 0. The summed E-state index contributed by atoms with van der Waals surface area (Å²) in [5, 5.41) is 0. The van der Waals surface area contributed by atoms with Crippen LogP contribution in [0.1, 0.15) is 11.1 Å². The van der Waals surface area contributed by atoms with Gasteiger partial charge in [0, 0.05) is 5.56 Å². The van der Waals surface area contributed by atoms with Crippen LogP contribution in [0.2, 0.25) is 0 Å². The van der Waals surface area contributed by atoms with E-state index in [9.17, 15) is 4.39 Å². The van der Waals surface area contributed by atoms with Crippen LogP contribution in [-0.2, 0) is 0 Å². The van der Waals surface area contributed by atoms with Crippen LogP contribution in [0.4, 0.5) is 4.39 Å². The van der Waals surface area contributed by atoms with Crippen LogP contribution in [-0.4, -0.2) is 4.98 Å². The second-order valence-electron chi connectivity index (χ2n) is 3.67. The highest BCUT2D eigenvalue weighted by atomic mass is 19.1. The number of aryl methyl sites for hydroxylation is 2. The van der Waals surface area contributed by atoms with E-state index in [1.54, 1.807) is 6.07 Å². The standard InChI is InChI=1S/C13H12FN/c1-9-4-3-5-11(8-9)13-10(2)6-7-12(14)15-13/h3-8H,1-2H3. The molecule has 0 spiro atoms. The molecular formula is C13H12FN. The molecule has 0 aliphatic carbocycles. The summed E-state index contributed by atoms with van der Waals surface area (Å²) < 4.78 is 13.0. The topological polar surface area (TPSA) is 12.9 Å². The van der Waals surface area contributed by atoms with Gasteiger partial charge in [-0.3, -0.25) is 0 Å². The summed E-state index contributed by atoms with van der Waals surface area (Å²) >= 11 is 0. The molecule has 76 valence electrons. The highest BCUT2D eigenvalue weighted by Crippen LogP contribution is 2.21. The molecule has 2 heteroatoms. The molecule has 1 aromatic carbocycles. The Balaban J connectivity index is 2.58. The largest absolute Gasteiger partial charge is 0.219 e. The highest BCUT2D eigenvalue weighted by Gasteiger charge is 2.04. The monoisotopic (exact) mass is 201 g/mol. The minimum atomic E-state index is -0.433. The van der Waals surface area contributed by atoms with E-state index in [1.807, 2.05) is 38.1 Å². The Hall–Kier alpha value is -1.70. The van der Waals surface area contributed by atoms with E-state index in [1.165, 1.54) is 6.07 Å². The van der Waals surface area contributed by atoms with Gasteiger partial charge < -0.3 is 0 Å². The third kappa shape index (κ3) is 2.04. The lowest BCUT2D eigenvalue weighted by Gasteiger charge is -2.05. The number of aromatic nitrogens is 1. The first-order valence-electron chi connectivity index (χ1n) is 4.87. The van der Waals surface area contributed by atoms with Crippen molar-refractivity contribution in [2.24, 2.45) is 0 Å². The summed E-state index contributed by atoms with van der Waals surface area (Å²) in [5.74, 6) is -0.433. The van der Waals surface area contributed by atoms with Crippen molar-refractivity contribution in [3.8, 4) is 11.3 Å². The van der Waals surface area contributed by atoms with Crippen molar-refractivity contribution in [1.29, 1.82) is 0 Å². The SMILES string of the molecule is Cc1cccc(-c2nc(F)ccc2C)c1. The number of halogens is 1. The zero-order chi connectivity index (χ0) is 10.8. The summed E-state index contributed by atoms with van der Waals surface area (Å²) in [6.45, 7) is 3.95. The van der Waals surface area contributed by atoms with Gasteiger partial charge in [-0.15, -0.1) is 0 Å². The Morgan fingerprint density at radius 2 is 1.87 bits per heavy atom. The summed E-state index contributed by atoms with van der Waals surface area (Å²) in [4.78, 5) is 3.92. The average molecular weight is 201 g/mol. The van der Waals surface area contributed by atoms with Crippen molar-refractivity contribution in [2.45, 2.75) is 13.8 Å². The lowest BCUT2D eigenvalue weighted by atomic mass is 10.0. The molecule has 0 aliphatic rings. The van der Waals surface area contributed by atoms with Crippen molar-refractivity contribution in [3.05, 3.63) is 53.5 Å². The maximum atomic E-state index is 13.0. The van der Waals surface area contributed by atoms with Gasteiger partial charge >= 0.3 is 0 Å². The van der Waals surface area contributed by atoms with Gasteiger partial charge in [0.15, 0.2) is 0 Å². The van der Waals surface area contributed by atoms with Crippen LogP contribution >= 0.6 is 0 Å². The Morgan fingerprint density at radius 1 is 1.07 bits per heavy atom. The molecule has 0 atom stereocenters. The van der Waals surface area contributed by atoms with Gasteiger partial charge in [0.25, 0.3) is 0 Å². The Labute approximate surface area is 88.6 Å². The number of pyridine rings is 1. The molecule has 0 amide bonds. The van der Waals surface area contributed by atoms with E-state index in [-0.39, 0.29) is 0 Å². The Kier molecular flexibility index (Phi) is 2.50. The molecule has 0 fully saturated rings. The van der Waals surface area contributed by atoms with Crippen LogP contribution in [0.15, 0.2) is 36.4 Å². The molecule has 2 rings (SSSR count). The lowest BCUT2D eigenvalue weighted by Crippen LogP contribution is -1.91. The van der Waals surface area contributed by atoms with Gasteiger partial charge in [0.1, 0.15) is 0 Å². The first kappa shape index (κ1) is 9.84. The second kappa shape index (κ2) is 3.81. The van der Waals surface area contributed by atoms with Gasteiger partial charge in [0.2, 0.25) is 5.95 Å². The summed E-state index contributed by atoms with van der Waals surface area (Å²) in [6, 6.07) is 11.1. The van der Waals surface area contributed by atoms with Crippen molar-refractivity contribution in [3.63, 3.8) is 0 Å². The maximum absolute atomic E-state index is 13.0. The Bertz CT molecular complexity index is 492. The zero-order valence-corrected chi connectivity index (χ0v) is 8.79. The van der Waals surface area contributed by atoms with Crippen molar-refractivity contribution in [2.75, 3.05) is 0 Å². The minimum Gasteiger partial charge on any atom is -0.219 e. The fourth-order valence-electron chi connectivity index (χ4n) is 1.59. The normalized spacial score (nSPS) is 10.3. The minimum absolute atomic E-state index is 0.433. The van der Waals surface area contributed by atoms with Crippen molar-refractivity contribution < 1.29 is 4.39 Å². The van der Waals surface area contributed by atoms with Crippen LogP contribution in [0.25, 0.3) is 11.3 Å². The third-order valence-corrected chi connectivity index (χ3v) is 2.35. The molecule has 0 radical (unpaired) electrons. The molecule has 0 N–H and O–H groups in total. The fraction of sp³-hybridized carbons (Fsp3) is 0.154. The first-order chi connectivity index (χ1) is 7.16. The van der Waals surface area contributed by atoms with E-state index in [2.05, 4.69) is 4.98 Å². The van der Waals surface area contributed by atoms with Gasteiger partial charge in [-0.25, -0.2) is 4.98 Å². The lowest BCUT2D eigenvalue weighted by molar-refractivity contribution is 0.584. The molecule has 1 heterocycles. The number of hydrogen-bond acceptors (Lipinski definition) is 1. The number of benzene rings is 1. The molecule has 2 aromatic rings. The van der Waals surface area contributed by atoms with Gasteiger partial charge in [-0.05, 0) is 31.5 Å². The quantitative estimate of drug-likeness (QED) is 0.643. The van der Waals surface area contributed by atoms with Gasteiger partial charge in [-0.1, -0.05) is 29.8 Å². The van der Waals surface area contributed by atoms with Crippen molar-refractivity contribution >= 4 is 0 Å². The third-order valence-electron chi connectivity index (χ3n) is 2.35. The zero-order valence-electron chi connectivity index (χ0n) is 8.79. The summed E-state index contributed by atoms with van der Waals surface area (Å²) in [5.41, 5.74) is 3.82. The molecule has 15 heavy (non-hydrogen) atoms. The number of nitrogens with zero attached hydrogens (tertiary/aromatic N) is 1. The fourth-order valence-corrected chi connectivity index (χ4v) is 1.59. The molecular weight excluding hydrogens is 189 g/mol. The van der Waals surface area contributed by atoms with E-state index in [0.717, 1.165) is 22.4 Å². The molecule has 1 aromatic heterocycles. The van der Waals surface area contributed by atoms with Crippen LogP contribution in [0.3, 0.4) is 0 Å². The van der Waals surface area contributed by atoms with Crippen LogP contribution in [0.5, 0.6) is 0 Å². The molecule has 0 saturated carbocycles. The number of rotatable bonds is 1. The maximum Gasteiger partial charge on any atom is 0.213 e. The molecule has 0 unspecified atom stereocenters. The van der Waals surface area contributed by atoms with E-state index in [0.29, 0.717) is 0 Å². The first-order valence-corrected chi connectivity index (χ1v) is 4.87. The predicted molar refractivity (Wildman–Crippen MR) is 59.1 cm³/mol. The Morgan fingerprint density at radius 3 is 2.60 bits per heavy atom. The molecule has 0 aliphatic heterocycles. The van der Waals surface area contributed by atoms with E-state index < -0.39 is 5.95 Å².